The van der Waals surface area contributed by atoms with E-state index in [-0.39, 0.29) is 5.56 Å². The van der Waals surface area contributed by atoms with Crippen molar-refractivity contribution >= 4 is 60.2 Å². The van der Waals surface area contributed by atoms with Crippen molar-refractivity contribution in [2.75, 3.05) is 0 Å². The lowest BCUT2D eigenvalue weighted by atomic mass is 10.1. The van der Waals surface area contributed by atoms with Gasteiger partial charge in [-0.3, -0.25) is 19.1 Å². The van der Waals surface area contributed by atoms with Crippen molar-refractivity contribution in [3.63, 3.8) is 0 Å². The van der Waals surface area contributed by atoms with E-state index in [0.29, 0.717) is 20.8 Å². The lowest BCUT2D eigenvalue weighted by molar-refractivity contribution is 0.777. The molecule has 0 atom stereocenters. The monoisotopic (exact) mass is 427 g/mol. The van der Waals surface area contributed by atoms with E-state index in [1.807, 2.05) is 36.5 Å². The Kier molecular flexibility index (Phi) is 3.26. The van der Waals surface area contributed by atoms with Crippen LogP contribution in [0.1, 0.15) is 0 Å². The van der Waals surface area contributed by atoms with Crippen LogP contribution in [0.4, 0.5) is 0 Å². The Morgan fingerprint density at radius 3 is 2.88 bits per heavy atom. The van der Waals surface area contributed by atoms with E-state index in [9.17, 15) is 4.79 Å². The number of hydrogen-bond donors (Lipinski definition) is 1. The van der Waals surface area contributed by atoms with Crippen LogP contribution in [0.5, 0.6) is 0 Å². The molecule has 0 bridgehead atoms. The van der Waals surface area contributed by atoms with Crippen LogP contribution in [0.3, 0.4) is 0 Å². The van der Waals surface area contributed by atoms with Gasteiger partial charge in [0, 0.05) is 29.0 Å². The Balaban J connectivity index is 2.07. The molecule has 5 aromatic rings. The van der Waals surface area contributed by atoms with Crippen molar-refractivity contribution in [3.8, 4) is 5.69 Å². The highest BCUT2D eigenvalue weighted by Crippen LogP contribution is 2.31. The summed E-state index contributed by atoms with van der Waals surface area (Å²) in [6.45, 7) is 0. The Morgan fingerprint density at radius 2 is 2.04 bits per heavy atom. The van der Waals surface area contributed by atoms with E-state index >= 15 is 0 Å². The molecule has 5 rings (SSSR count). The Bertz CT molecular complexity index is 1400. The van der Waals surface area contributed by atoms with Crippen molar-refractivity contribution in [1.29, 1.82) is 0 Å². The van der Waals surface area contributed by atoms with Gasteiger partial charge in [-0.1, -0.05) is 23.7 Å². The summed E-state index contributed by atoms with van der Waals surface area (Å²) in [5.74, 6) is 0. The molecular weight excluding hydrogens is 418 g/mol. The number of aryl methyl sites for hydroxylation is 1. The van der Waals surface area contributed by atoms with Gasteiger partial charge < -0.3 is 0 Å². The molecule has 0 amide bonds. The van der Waals surface area contributed by atoms with Crippen LogP contribution in [0.2, 0.25) is 5.02 Å². The Hall–Kier alpha value is -2.64. The number of nitrogens with zero attached hydrogens (tertiary/aromatic N) is 4. The summed E-state index contributed by atoms with van der Waals surface area (Å²) in [5, 5.41) is 14.7. The van der Waals surface area contributed by atoms with Crippen molar-refractivity contribution < 1.29 is 0 Å². The minimum Gasteiger partial charge on any atom is -0.274 e. The highest BCUT2D eigenvalue weighted by molar-refractivity contribution is 9.10. The molecule has 3 aromatic heterocycles. The number of rotatable bonds is 1. The fourth-order valence-electron chi connectivity index (χ4n) is 3.41. The quantitative estimate of drug-likeness (QED) is 0.436. The molecule has 0 fully saturated rings. The summed E-state index contributed by atoms with van der Waals surface area (Å²) < 4.78 is 4.02. The number of aromatic amines is 1. The van der Waals surface area contributed by atoms with E-state index in [1.54, 1.807) is 22.4 Å². The summed E-state index contributed by atoms with van der Waals surface area (Å²) in [6, 6.07) is 11.2. The number of fused-ring (bicyclic) bond motifs is 4. The van der Waals surface area contributed by atoms with Gasteiger partial charge in [0.05, 0.1) is 22.1 Å². The number of nitrogens with one attached hydrogen (secondary N) is 1. The van der Waals surface area contributed by atoms with E-state index in [4.69, 9.17) is 11.6 Å². The summed E-state index contributed by atoms with van der Waals surface area (Å²) in [4.78, 5) is 13.3. The molecule has 6 nitrogen and oxygen atoms in total. The Morgan fingerprint density at radius 1 is 1.19 bits per heavy atom. The molecule has 1 N–H and O–H groups in total. The molecular formula is C18H11BrClN5O. The van der Waals surface area contributed by atoms with Crippen LogP contribution >= 0.6 is 27.5 Å². The average Bonchev–Trinajstić information content (AvgIpc) is 3.19. The molecule has 0 saturated carbocycles. The van der Waals surface area contributed by atoms with Gasteiger partial charge >= 0.3 is 0 Å². The molecule has 3 heterocycles. The van der Waals surface area contributed by atoms with Gasteiger partial charge in [0.15, 0.2) is 5.52 Å². The molecule has 2 aromatic carbocycles. The summed E-state index contributed by atoms with van der Waals surface area (Å²) >= 11 is 9.74. The van der Waals surface area contributed by atoms with Gasteiger partial charge in [-0.25, -0.2) is 0 Å². The maximum atomic E-state index is 13.3. The lowest BCUT2D eigenvalue weighted by Crippen LogP contribution is -2.19. The third-order valence-corrected chi connectivity index (χ3v) is 5.29. The summed E-state index contributed by atoms with van der Waals surface area (Å²) in [7, 11) is 1.80. The molecule has 0 unspecified atom stereocenters. The van der Waals surface area contributed by atoms with Crippen molar-refractivity contribution in [1.82, 2.24) is 24.5 Å². The maximum absolute atomic E-state index is 13.3. The standard InChI is InChI=1S/C18H11BrClN5O/c1-24-8-11-10-6-5-9(20)7-14(10)25(18(26)16(11)23-24)13-4-2-3-12-15(13)17(19)22-21-12/h2-8H,1H3,(H,21,22). The first-order valence-corrected chi connectivity index (χ1v) is 9.02. The number of halogens is 2. The molecule has 0 aliphatic carbocycles. The first-order valence-electron chi connectivity index (χ1n) is 7.85. The van der Waals surface area contributed by atoms with E-state index < -0.39 is 0 Å². The predicted molar refractivity (Wildman–Crippen MR) is 106 cm³/mol. The number of pyridine rings is 1. The molecule has 0 saturated heterocycles. The van der Waals surface area contributed by atoms with Gasteiger partial charge in [-0.2, -0.15) is 10.2 Å². The summed E-state index contributed by atoms with van der Waals surface area (Å²) in [5.41, 5.74) is 2.42. The van der Waals surface area contributed by atoms with Gasteiger partial charge in [0.25, 0.3) is 5.56 Å². The van der Waals surface area contributed by atoms with Gasteiger partial charge in [0.2, 0.25) is 0 Å². The first kappa shape index (κ1) is 15.6. The normalized spacial score (nSPS) is 11.8. The molecule has 26 heavy (non-hydrogen) atoms. The van der Waals surface area contributed by atoms with Gasteiger partial charge in [-0.15, -0.1) is 0 Å². The number of H-pyrrole nitrogens is 1. The van der Waals surface area contributed by atoms with E-state index in [0.717, 1.165) is 27.2 Å². The third-order valence-electron chi connectivity index (χ3n) is 4.48. The van der Waals surface area contributed by atoms with Crippen LogP contribution in [0.15, 0.2) is 52.0 Å². The highest BCUT2D eigenvalue weighted by Gasteiger charge is 2.18. The number of hydrogen-bond acceptors (Lipinski definition) is 3. The van der Waals surface area contributed by atoms with Crippen LogP contribution < -0.4 is 5.56 Å². The highest BCUT2D eigenvalue weighted by atomic mass is 79.9. The third kappa shape index (κ3) is 2.07. The van der Waals surface area contributed by atoms with Crippen LogP contribution in [0.25, 0.3) is 38.4 Å². The summed E-state index contributed by atoms with van der Waals surface area (Å²) in [6.07, 6.45) is 1.85. The topological polar surface area (TPSA) is 68.5 Å². The zero-order valence-electron chi connectivity index (χ0n) is 13.5. The van der Waals surface area contributed by atoms with Crippen molar-refractivity contribution in [2.45, 2.75) is 0 Å². The van der Waals surface area contributed by atoms with Crippen LogP contribution in [-0.2, 0) is 7.05 Å². The largest absolute Gasteiger partial charge is 0.284 e. The van der Waals surface area contributed by atoms with Gasteiger partial charge in [-0.05, 0) is 40.2 Å². The molecule has 128 valence electrons. The predicted octanol–water partition coefficient (Wildman–Crippen LogP) is 4.17. The SMILES string of the molecule is Cn1cc2c(n1)c(=O)n(-c1cccc3n[nH]c(Br)c13)c1cc(Cl)ccc21. The number of aromatic nitrogens is 5. The maximum Gasteiger partial charge on any atom is 0.284 e. The van der Waals surface area contributed by atoms with Crippen molar-refractivity contribution in [2.24, 2.45) is 7.05 Å². The second-order valence-corrected chi connectivity index (χ2v) is 7.31. The average molecular weight is 429 g/mol. The van der Waals surface area contributed by atoms with Crippen LogP contribution in [0, 0.1) is 0 Å². The molecule has 0 spiro atoms. The first-order chi connectivity index (χ1) is 12.5. The van der Waals surface area contributed by atoms with Gasteiger partial charge in [0.1, 0.15) is 4.60 Å². The van der Waals surface area contributed by atoms with E-state index in [1.165, 1.54) is 0 Å². The zero-order chi connectivity index (χ0) is 18.0. The molecule has 0 aliphatic heterocycles. The second-order valence-electron chi connectivity index (χ2n) is 6.08. The fraction of sp³-hybridized carbons (Fsp3) is 0.0556. The lowest BCUT2D eigenvalue weighted by Gasteiger charge is -2.12. The minimum absolute atomic E-state index is 0.198. The van der Waals surface area contributed by atoms with E-state index in [2.05, 4.69) is 31.2 Å². The van der Waals surface area contributed by atoms with Crippen LogP contribution in [-0.4, -0.2) is 24.5 Å². The fourth-order valence-corrected chi connectivity index (χ4v) is 4.07. The zero-order valence-corrected chi connectivity index (χ0v) is 15.8. The Labute approximate surface area is 160 Å². The number of benzene rings is 2. The molecule has 8 heteroatoms. The smallest absolute Gasteiger partial charge is 0.274 e. The second kappa shape index (κ2) is 5.43. The minimum atomic E-state index is -0.198. The van der Waals surface area contributed by atoms with Crippen molar-refractivity contribution in [3.05, 3.63) is 62.6 Å². The molecule has 0 aliphatic rings. The molecule has 0 radical (unpaired) electrons.